The summed E-state index contributed by atoms with van der Waals surface area (Å²) < 4.78 is 18.7. The van der Waals surface area contributed by atoms with Gasteiger partial charge in [-0.15, -0.1) is 0 Å². The van der Waals surface area contributed by atoms with Crippen molar-refractivity contribution in [2.45, 2.75) is 44.9 Å². The van der Waals surface area contributed by atoms with Gasteiger partial charge in [0.25, 0.3) is 0 Å². The SMILES string of the molecule is COC(=O)c1ccc(CN2CCCC2C(C)(C)O)c(F)c1. The molecule has 116 valence electrons. The first kappa shape index (κ1) is 15.9. The number of rotatable bonds is 4. The van der Waals surface area contributed by atoms with Gasteiger partial charge in [-0.2, -0.15) is 0 Å². The van der Waals surface area contributed by atoms with Crippen LogP contribution in [-0.4, -0.2) is 41.3 Å². The third-order valence-electron chi connectivity index (χ3n) is 4.03. The highest BCUT2D eigenvalue weighted by molar-refractivity contribution is 5.89. The van der Waals surface area contributed by atoms with Crippen molar-refractivity contribution in [3.8, 4) is 0 Å². The highest BCUT2D eigenvalue weighted by Gasteiger charge is 2.35. The van der Waals surface area contributed by atoms with Crippen LogP contribution in [0.25, 0.3) is 0 Å². The van der Waals surface area contributed by atoms with Gasteiger partial charge < -0.3 is 9.84 Å². The third kappa shape index (κ3) is 3.60. The molecule has 1 aromatic rings. The summed E-state index contributed by atoms with van der Waals surface area (Å²) in [6.07, 6.45) is 1.90. The Balaban J connectivity index is 2.15. The Labute approximate surface area is 124 Å². The molecule has 0 amide bonds. The number of hydrogen-bond donors (Lipinski definition) is 1. The lowest BCUT2D eigenvalue weighted by molar-refractivity contribution is -0.00531. The molecule has 4 nitrogen and oxygen atoms in total. The van der Waals surface area contributed by atoms with Crippen molar-refractivity contribution in [3.05, 3.63) is 35.1 Å². The molecule has 1 unspecified atom stereocenters. The molecule has 0 radical (unpaired) electrons. The average Bonchev–Trinajstić information content (AvgIpc) is 2.88. The van der Waals surface area contributed by atoms with Crippen molar-refractivity contribution in [2.24, 2.45) is 0 Å². The number of nitrogens with zero attached hydrogens (tertiary/aromatic N) is 1. The molecule has 0 aliphatic carbocycles. The predicted molar refractivity (Wildman–Crippen MR) is 77.5 cm³/mol. The molecular formula is C16H22FNO3. The van der Waals surface area contributed by atoms with E-state index in [0.717, 1.165) is 19.4 Å². The molecule has 1 saturated heterocycles. The Hall–Kier alpha value is -1.46. The van der Waals surface area contributed by atoms with Crippen LogP contribution >= 0.6 is 0 Å². The molecule has 0 saturated carbocycles. The number of halogens is 1. The number of hydrogen-bond acceptors (Lipinski definition) is 4. The summed E-state index contributed by atoms with van der Waals surface area (Å²) in [5, 5.41) is 10.2. The molecular weight excluding hydrogens is 273 g/mol. The van der Waals surface area contributed by atoms with Gasteiger partial charge in [-0.25, -0.2) is 9.18 Å². The van der Waals surface area contributed by atoms with Crippen molar-refractivity contribution in [1.82, 2.24) is 4.90 Å². The first-order valence-corrected chi connectivity index (χ1v) is 7.16. The Kier molecular flexibility index (Phi) is 4.64. The zero-order chi connectivity index (χ0) is 15.6. The second kappa shape index (κ2) is 6.12. The molecule has 2 rings (SSSR count). The van der Waals surface area contributed by atoms with Crippen LogP contribution < -0.4 is 0 Å². The molecule has 5 heteroatoms. The fraction of sp³-hybridized carbons (Fsp3) is 0.562. The van der Waals surface area contributed by atoms with Gasteiger partial charge >= 0.3 is 5.97 Å². The normalized spacial score (nSPS) is 19.8. The maximum Gasteiger partial charge on any atom is 0.337 e. The first-order valence-electron chi connectivity index (χ1n) is 7.16. The largest absolute Gasteiger partial charge is 0.465 e. The van der Waals surface area contributed by atoms with Crippen LogP contribution in [0.2, 0.25) is 0 Å². The third-order valence-corrected chi connectivity index (χ3v) is 4.03. The zero-order valence-electron chi connectivity index (χ0n) is 12.7. The molecule has 1 aliphatic heterocycles. The lowest BCUT2D eigenvalue weighted by atomic mass is 9.96. The van der Waals surface area contributed by atoms with Crippen LogP contribution in [0.3, 0.4) is 0 Å². The molecule has 1 atom stereocenters. The topological polar surface area (TPSA) is 49.8 Å². The van der Waals surface area contributed by atoms with Crippen LogP contribution in [0.5, 0.6) is 0 Å². The minimum atomic E-state index is -0.807. The van der Waals surface area contributed by atoms with E-state index in [1.165, 1.54) is 13.2 Å². The monoisotopic (exact) mass is 295 g/mol. The molecule has 0 spiro atoms. The molecule has 1 fully saturated rings. The molecule has 1 aromatic carbocycles. The maximum atomic E-state index is 14.1. The molecule has 1 heterocycles. The molecule has 1 aliphatic rings. The second-order valence-electron chi connectivity index (χ2n) is 6.08. The highest BCUT2D eigenvalue weighted by Crippen LogP contribution is 2.28. The standard InChI is InChI=1S/C16H22FNO3/c1-16(2,20)14-5-4-8-18(14)10-12-7-6-11(9-13(12)17)15(19)21-3/h6-7,9,14,20H,4-5,8,10H2,1-3H3. The minimum absolute atomic E-state index is 0.0252. The highest BCUT2D eigenvalue weighted by atomic mass is 19.1. The van der Waals surface area contributed by atoms with E-state index in [-0.39, 0.29) is 11.6 Å². The lowest BCUT2D eigenvalue weighted by Crippen LogP contribution is -2.45. The summed E-state index contributed by atoms with van der Waals surface area (Å²) in [6, 6.07) is 4.41. The molecule has 0 bridgehead atoms. The van der Waals surface area contributed by atoms with E-state index in [9.17, 15) is 14.3 Å². The molecule has 0 aromatic heterocycles. The van der Waals surface area contributed by atoms with E-state index in [1.54, 1.807) is 26.0 Å². The van der Waals surface area contributed by atoms with E-state index < -0.39 is 17.4 Å². The Morgan fingerprint density at radius 3 is 2.81 bits per heavy atom. The Morgan fingerprint density at radius 1 is 1.52 bits per heavy atom. The van der Waals surface area contributed by atoms with Crippen molar-refractivity contribution < 1.29 is 19.0 Å². The molecule has 1 N–H and O–H groups in total. The van der Waals surface area contributed by atoms with Gasteiger partial charge in [0.15, 0.2) is 0 Å². The summed E-state index contributed by atoms with van der Waals surface area (Å²) in [5.41, 5.74) is -0.0723. The van der Waals surface area contributed by atoms with E-state index >= 15 is 0 Å². The van der Waals surface area contributed by atoms with Gasteiger partial charge in [0, 0.05) is 18.2 Å². The number of esters is 1. The summed E-state index contributed by atoms with van der Waals surface area (Å²) in [6.45, 7) is 4.84. The molecule has 21 heavy (non-hydrogen) atoms. The lowest BCUT2D eigenvalue weighted by Gasteiger charge is -2.33. The predicted octanol–water partition coefficient (Wildman–Crippen LogP) is 2.35. The number of likely N-dealkylation sites (tertiary alicyclic amines) is 1. The zero-order valence-corrected chi connectivity index (χ0v) is 12.7. The van der Waals surface area contributed by atoms with Crippen molar-refractivity contribution >= 4 is 5.97 Å². The van der Waals surface area contributed by atoms with Crippen molar-refractivity contribution in [1.29, 1.82) is 0 Å². The van der Waals surface area contributed by atoms with E-state index in [1.807, 2.05) is 0 Å². The summed E-state index contributed by atoms with van der Waals surface area (Å²) in [7, 11) is 1.27. The number of carbonyl (C=O) groups is 1. The Bertz CT molecular complexity index is 525. The van der Waals surface area contributed by atoms with Gasteiger partial charge in [0.1, 0.15) is 5.82 Å². The van der Waals surface area contributed by atoms with Crippen molar-refractivity contribution in [3.63, 3.8) is 0 Å². The fourth-order valence-electron chi connectivity index (χ4n) is 2.95. The number of carbonyl (C=O) groups excluding carboxylic acids is 1. The van der Waals surface area contributed by atoms with Gasteiger partial charge in [-0.3, -0.25) is 4.90 Å². The average molecular weight is 295 g/mol. The first-order chi connectivity index (χ1) is 9.82. The van der Waals surface area contributed by atoms with E-state index in [2.05, 4.69) is 9.64 Å². The van der Waals surface area contributed by atoms with Crippen LogP contribution in [0.4, 0.5) is 4.39 Å². The summed E-state index contributed by atoms with van der Waals surface area (Å²) >= 11 is 0. The second-order valence-corrected chi connectivity index (χ2v) is 6.08. The smallest absolute Gasteiger partial charge is 0.337 e. The number of ether oxygens (including phenoxy) is 1. The van der Waals surface area contributed by atoms with E-state index in [0.29, 0.717) is 12.1 Å². The number of aliphatic hydroxyl groups is 1. The van der Waals surface area contributed by atoms with Gasteiger partial charge in [-0.05, 0) is 45.4 Å². The summed E-state index contributed by atoms with van der Waals surface area (Å²) in [5.74, 6) is -0.963. The number of methoxy groups -OCH3 is 1. The van der Waals surface area contributed by atoms with Crippen LogP contribution in [-0.2, 0) is 11.3 Å². The van der Waals surface area contributed by atoms with Gasteiger partial charge in [0.05, 0.1) is 18.3 Å². The van der Waals surface area contributed by atoms with Crippen LogP contribution in [0, 0.1) is 5.82 Å². The Morgan fingerprint density at radius 2 is 2.24 bits per heavy atom. The minimum Gasteiger partial charge on any atom is -0.465 e. The number of benzene rings is 1. The summed E-state index contributed by atoms with van der Waals surface area (Å²) in [4.78, 5) is 13.5. The van der Waals surface area contributed by atoms with Gasteiger partial charge in [-0.1, -0.05) is 6.07 Å². The quantitative estimate of drug-likeness (QED) is 0.866. The van der Waals surface area contributed by atoms with Crippen molar-refractivity contribution in [2.75, 3.05) is 13.7 Å². The fourth-order valence-corrected chi connectivity index (χ4v) is 2.95. The van der Waals surface area contributed by atoms with Gasteiger partial charge in [0.2, 0.25) is 0 Å². The maximum absolute atomic E-state index is 14.1. The van der Waals surface area contributed by atoms with E-state index in [4.69, 9.17) is 0 Å². The van der Waals surface area contributed by atoms with Crippen LogP contribution in [0.15, 0.2) is 18.2 Å². The van der Waals surface area contributed by atoms with Crippen LogP contribution in [0.1, 0.15) is 42.6 Å².